The number of anilines is 1. The number of carbonyl (C=O) groups is 1. The number of amides is 1. The fourth-order valence-electron chi connectivity index (χ4n) is 1.99. The SMILES string of the molecule is CCCCC(CC)C(=O)Nc1cccc(OCC#N)c1. The normalized spacial score (nSPS) is 11.4. The average Bonchev–Trinajstić information content (AvgIpc) is 2.46. The molecule has 1 N–H and O–H groups in total. The molecule has 0 heterocycles. The molecule has 1 atom stereocenters. The standard InChI is InChI=1S/C16H22N2O2/c1-3-5-7-13(4-2)16(19)18-14-8-6-9-15(12-14)20-11-10-17/h6,8-9,12-13H,3-5,7,11H2,1-2H3,(H,18,19). The summed E-state index contributed by atoms with van der Waals surface area (Å²) < 4.78 is 5.22. The van der Waals surface area contributed by atoms with Gasteiger partial charge in [0.05, 0.1) is 0 Å². The molecule has 108 valence electrons. The molecule has 1 rings (SSSR count). The molecule has 0 radical (unpaired) electrons. The lowest BCUT2D eigenvalue weighted by molar-refractivity contribution is -0.120. The van der Waals surface area contributed by atoms with Crippen LogP contribution in [0, 0.1) is 17.2 Å². The van der Waals surface area contributed by atoms with E-state index in [9.17, 15) is 4.79 Å². The Morgan fingerprint density at radius 3 is 2.90 bits per heavy atom. The van der Waals surface area contributed by atoms with Gasteiger partial charge in [0.15, 0.2) is 6.61 Å². The van der Waals surface area contributed by atoms with Gasteiger partial charge in [-0.15, -0.1) is 0 Å². The molecule has 0 saturated heterocycles. The number of nitrogens with one attached hydrogen (secondary N) is 1. The predicted molar refractivity (Wildman–Crippen MR) is 79.5 cm³/mol. The van der Waals surface area contributed by atoms with Gasteiger partial charge in [0, 0.05) is 17.7 Å². The molecule has 4 nitrogen and oxygen atoms in total. The van der Waals surface area contributed by atoms with Crippen molar-refractivity contribution in [1.82, 2.24) is 0 Å². The van der Waals surface area contributed by atoms with Gasteiger partial charge in [-0.3, -0.25) is 4.79 Å². The van der Waals surface area contributed by atoms with Gasteiger partial charge in [0.2, 0.25) is 5.91 Å². The Hall–Kier alpha value is -2.02. The number of hydrogen-bond donors (Lipinski definition) is 1. The van der Waals surface area contributed by atoms with E-state index in [1.807, 2.05) is 19.1 Å². The van der Waals surface area contributed by atoms with Gasteiger partial charge in [-0.2, -0.15) is 5.26 Å². The smallest absolute Gasteiger partial charge is 0.227 e. The highest BCUT2D eigenvalue weighted by Gasteiger charge is 2.15. The zero-order chi connectivity index (χ0) is 14.8. The lowest BCUT2D eigenvalue weighted by Crippen LogP contribution is -2.22. The van der Waals surface area contributed by atoms with Crippen LogP contribution in [0.5, 0.6) is 5.75 Å². The van der Waals surface area contributed by atoms with Crippen LogP contribution in [-0.2, 0) is 4.79 Å². The quantitative estimate of drug-likeness (QED) is 0.785. The molecule has 0 spiro atoms. The fraction of sp³-hybridized carbons (Fsp3) is 0.500. The Kier molecular flexibility index (Phi) is 7.20. The van der Waals surface area contributed by atoms with Crippen molar-refractivity contribution < 1.29 is 9.53 Å². The van der Waals surface area contributed by atoms with E-state index in [1.54, 1.807) is 18.2 Å². The monoisotopic (exact) mass is 274 g/mol. The summed E-state index contributed by atoms with van der Waals surface area (Å²) in [6, 6.07) is 9.04. The largest absolute Gasteiger partial charge is 0.479 e. The molecule has 0 aliphatic rings. The van der Waals surface area contributed by atoms with Crippen LogP contribution < -0.4 is 10.1 Å². The van der Waals surface area contributed by atoms with Crippen molar-refractivity contribution in [2.45, 2.75) is 39.5 Å². The van der Waals surface area contributed by atoms with Gasteiger partial charge in [-0.25, -0.2) is 0 Å². The van der Waals surface area contributed by atoms with Gasteiger partial charge in [0.1, 0.15) is 11.8 Å². The van der Waals surface area contributed by atoms with E-state index in [4.69, 9.17) is 10.00 Å². The van der Waals surface area contributed by atoms with Crippen LogP contribution in [0.15, 0.2) is 24.3 Å². The molecule has 1 amide bonds. The van der Waals surface area contributed by atoms with Gasteiger partial charge in [0.25, 0.3) is 0 Å². The van der Waals surface area contributed by atoms with Crippen molar-refractivity contribution in [3.05, 3.63) is 24.3 Å². The van der Waals surface area contributed by atoms with E-state index in [-0.39, 0.29) is 18.4 Å². The van der Waals surface area contributed by atoms with E-state index in [2.05, 4.69) is 12.2 Å². The summed E-state index contributed by atoms with van der Waals surface area (Å²) >= 11 is 0. The first-order valence-corrected chi connectivity index (χ1v) is 7.11. The average molecular weight is 274 g/mol. The summed E-state index contributed by atoms with van der Waals surface area (Å²) in [6.45, 7) is 4.17. The lowest BCUT2D eigenvalue weighted by atomic mass is 9.98. The number of unbranched alkanes of at least 4 members (excludes halogenated alkanes) is 1. The molecule has 1 unspecified atom stereocenters. The second-order valence-electron chi connectivity index (χ2n) is 4.71. The van der Waals surface area contributed by atoms with Crippen LogP contribution in [0.25, 0.3) is 0 Å². The second-order valence-corrected chi connectivity index (χ2v) is 4.71. The summed E-state index contributed by atoms with van der Waals surface area (Å²) in [5.41, 5.74) is 0.709. The predicted octanol–water partition coefficient (Wildman–Crippen LogP) is 3.74. The number of carbonyl (C=O) groups excluding carboxylic acids is 1. The Morgan fingerprint density at radius 1 is 1.45 bits per heavy atom. The van der Waals surface area contributed by atoms with Gasteiger partial charge in [-0.05, 0) is 25.0 Å². The Balaban J connectivity index is 2.62. The van der Waals surface area contributed by atoms with Crippen LogP contribution in [0.1, 0.15) is 39.5 Å². The maximum atomic E-state index is 12.2. The third kappa shape index (κ3) is 5.31. The van der Waals surface area contributed by atoms with Gasteiger partial charge in [-0.1, -0.05) is 32.8 Å². The zero-order valence-electron chi connectivity index (χ0n) is 12.2. The molecule has 1 aromatic carbocycles. The summed E-state index contributed by atoms with van der Waals surface area (Å²) in [4.78, 5) is 12.2. The minimum atomic E-state index is 0.00544. The van der Waals surface area contributed by atoms with Crippen molar-refractivity contribution in [2.24, 2.45) is 5.92 Å². The molecule has 0 saturated carbocycles. The minimum Gasteiger partial charge on any atom is -0.479 e. The molecule has 0 bridgehead atoms. The van der Waals surface area contributed by atoms with Crippen molar-refractivity contribution >= 4 is 11.6 Å². The van der Waals surface area contributed by atoms with Crippen LogP contribution in [-0.4, -0.2) is 12.5 Å². The lowest BCUT2D eigenvalue weighted by Gasteiger charge is -2.15. The van der Waals surface area contributed by atoms with Gasteiger partial charge >= 0.3 is 0 Å². The molecule has 0 aliphatic carbocycles. The molecular formula is C16H22N2O2. The maximum absolute atomic E-state index is 12.2. The number of benzene rings is 1. The third-order valence-electron chi connectivity index (χ3n) is 3.17. The van der Waals surface area contributed by atoms with Crippen molar-refractivity contribution in [1.29, 1.82) is 5.26 Å². The first-order chi connectivity index (χ1) is 9.71. The molecule has 1 aromatic rings. The highest BCUT2D eigenvalue weighted by atomic mass is 16.5. The second kappa shape index (κ2) is 8.98. The molecular weight excluding hydrogens is 252 g/mol. The number of ether oxygens (including phenoxy) is 1. The van der Waals surface area contributed by atoms with E-state index >= 15 is 0 Å². The molecule has 0 fully saturated rings. The molecule has 0 aliphatic heterocycles. The zero-order valence-corrected chi connectivity index (χ0v) is 12.2. The summed E-state index contributed by atoms with van der Waals surface area (Å²) in [5.74, 6) is 0.697. The number of hydrogen-bond acceptors (Lipinski definition) is 3. The fourth-order valence-corrected chi connectivity index (χ4v) is 1.99. The summed E-state index contributed by atoms with van der Waals surface area (Å²) in [5, 5.41) is 11.4. The highest BCUT2D eigenvalue weighted by molar-refractivity contribution is 5.92. The van der Waals surface area contributed by atoms with Crippen LogP contribution in [0.2, 0.25) is 0 Å². The Bertz CT molecular complexity index is 466. The topological polar surface area (TPSA) is 62.1 Å². The number of nitriles is 1. The third-order valence-corrected chi connectivity index (χ3v) is 3.17. The van der Waals surface area contributed by atoms with Crippen LogP contribution in [0.4, 0.5) is 5.69 Å². The van der Waals surface area contributed by atoms with Crippen LogP contribution >= 0.6 is 0 Å². The van der Waals surface area contributed by atoms with Crippen molar-refractivity contribution in [3.63, 3.8) is 0 Å². The summed E-state index contributed by atoms with van der Waals surface area (Å²) in [6.07, 6.45) is 3.93. The van der Waals surface area contributed by atoms with Crippen molar-refractivity contribution in [2.75, 3.05) is 11.9 Å². The van der Waals surface area contributed by atoms with Crippen LogP contribution in [0.3, 0.4) is 0 Å². The summed E-state index contributed by atoms with van der Waals surface area (Å²) in [7, 11) is 0. The highest BCUT2D eigenvalue weighted by Crippen LogP contribution is 2.20. The molecule has 20 heavy (non-hydrogen) atoms. The first kappa shape index (κ1) is 16.0. The Labute approximate surface area is 120 Å². The minimum absolute atomic E-state index is 0.00544. The van der Waals surface area contributed by atoms with E-state index < -0.39 is 0 Å². The van der Waals surface area contributed by atoms with E-state index in [0.717, 1.165) is 25.7 Å². The van der Waals surface area contributed by atoms with E-state index in [1.165, 1.54) is 0 Å². The molecule has 4 heteroatoms. The number of rotatable bonds is 8. The van der Waals surface area contributed by atoms with Gasteiger partial charge < -0.3 is 10.1 Å². The van der Waals surface area contributed by atoms with E-state index in [0.29, 0.717) is 11.4 Å². The number of nitrogens with zero attached hydrogens (tertiary/aromatic N) is 1. The Morgan fingerprint density at radius 2 is 2.25 bits per heavy atom. The maximum Gasteiger partial charge on any atom is 0.227 e. The first-order valence-electron chi connectivity index (χ1n) is 7.11. The molecule has 0 aromatic heterocycles. The van der Waals surface area contributed by atoms with Crippen molar-refractivity contribution in [3.8, 4) is 11.8 Å².